The van der Waals surface area contributed by atoms with Crippen molar-refractivity contribution in [3.8, 4) is 11.1 Å². The maximum Gasteiger partial charge on any atom is -0.00135 e. The summed E-state index contributed by atoms with van der Waals surface area (Å²) < 4.78 is 0. The molecule has 1 aliphatic rings. The number of hydrogen-bond donors (Lipinski definition) is 0. The highest BCUT2D eigenvalue weighted by atomic mass is 14.2. The predicted molar refractivity (Wildman–Crippen MR) is 292 cm³/mol. The fraction of sp³-hybridized carbons (Fsp3) is 0.0149. The Morgan fingerprint density at radius 3 is 0.791 bits per heavy atom. The maximum atomic E-state index is 2.24. The average Bonchev–Trinajstić information content (AvgIpc) is 3.79. The summed E-state index contributed by atoms with van der Waals surface area (Å²) >= 11 is 0. The van der Waals surface area contributed by atoms with Crippen LogP contribution in [0, 0.1) is 0 Å². The summed E-state index contributed by atoms with van der Waals surface area (Å²) in [5.41, 5.74) is 5.75. The van der Waals surface area contributed by atoms with Gasteiger partial charge in [-0.3, -0.25) is 0 Å². The van der Waals surface area contributed by atoms with Crippen LogP contribution in [0.5, 0.6) is 0 Å². The van der Waals surface area contributed by atoms with Crippen molar-refractivity contribution >= 4 is 86.2 Å². The minimum absolute atomic E-state index is 1.10. The van der Waals surface area contributed by atoms with Gasteiger partial charge in [0.1, 0.15) is 0 Å². The van der Waals surface area contributed by atoms with E-state index in [0.717, 1.165) is 6.42 Å². The van der Waals surface area contributed by atoms with Crippen LogP contribution in [-0.4, -0.2) is 0 Å². The van der Waals surface area contributed by atoms with E-state index in [1.54, 1.807) is 0 Å². The lowest BCUT2D eigenvalue weighted by Crippen LogP contribution is -1.82. The molecule has 0 fully saturated rings. The Morgan fingerprint density at radius 2 is 0.433 bits per heavy atom. The van der Waals surface area contributed by atoms with Crippen molar-refractivity contribution in [1.29, 1.82) is 0 Å². The fourth-order valence-corrected chi connectivity index (χ4v) is 9.72. The van der Waals surface area contributed by atoms with Gasteiger partial charge in [0.15, 0.2) is 0 Å². The van der Waals surface area contributed by atoms with Gasteiger partial charge in [-0.05, 0) is 127 Å². The lowest BCUT2D eigenvalue weighted by molar-refractivity contribution is 1.26. The summed E-state index contributed by atoms with van der Waals surface area (Å²) in [5, 5.41) is 21.3. The second-order valence-corrected chi connectivity index (χ2v) is 17.2. The van der Waals surface area contributed by atoms with E-state index in [1.165, 1.54) is 108 Å². The Hall–Kier alpha value is -8.58. The minimum Gasteiger partial charge on any atom is -0.0619 e. The van der Waals surface area contributed by atoms with Gasteiger partial charge in [0.25, 0.3) is 0 Å². The van der Waals surface area contributed by atoms with Crippen LogP contribution in [0.25, 0.3) is 97.3 Å². The van der Waals surface area contributed by atoms with E-state index < -0.39 is 0 Å². The second-order valence-electron chi connectivity index (χ2n) is 17.2. The third-order valence-electron chi connectivity index (χ3n) is 13.0. The molecular formula is C67H48. The SMILES string of the molecule is c1cc2ccc3cccc4ccc(c1)c2c34.c1ccc2c(c1)Cc1ccccc1-2.c1ccc2c(c1)ccc1ccccc12.c1ccc2cc3ccccc3cc2c1.c1ccc2ccccc2c1. The van der Waals surface area contributed by atoms with Gasteiger partial charge in [-0.2, -0.15) is 0 Å². The average molecular weight is 853 g/mol. The first-order valence-corrected chi connectivity index (χ1v) is 23.2. The van der Waals surface area contributed by atoms with Gasteiger partial charge in [-0.1, -0.05) is 267 Å². The topological polar surface area (TPSA) is 0 Å². The van der Waals surface area contributed by atoms with Crippen molar-refractivity contribution in [2.75, 3.05) is 0 Å². The van der Waals surface area contributed by atoms with Crippen molar-refractivity contribution < 1.29 is 0 Å². The van der Waals surface area contributed by atoms with Gasteiger partial charge in [0.2, 0.25) is 0 Å². The van der Waals surface area contributed by atoms with E-state index in [9.17, 15) is 0 Å². The zero-order valence-corrected chi connectivity index (χ0v) is 37.3. The summed E-state index contributed by atoms with van der Waals surface area (Å²) in [5.74, 6) is 0. The van der Waals surface area contributed by atoms with Gasteiger partial charge in [-0.15, -0.1) is 0 Å². The molecule has 14 aromatic carbocycles. The molecule has 0 amide bonds. The summed E-state index contributed by atoms with van der Waals surface area (Å²) in [6.07, 6.45) is 1.10. The molecule has 0 nitrogen and oxygen atoms in total. The molecule has 15 rings (SSSR count). The van der Waals surface area contributed by atoms with Crippen LogP contribution in [-0.2, 0) is 6.42 Å². The second kappa shape index (κ2) is 18.9. The van der Waals surface area contributed by atoms with Crippen molar-refractivity contribution in [3.05, 3.63) is 290 Å². The van der Waals surface area contributed by atoms with Crippen LogP contribution in [0.15, 0.2) is 279 Å². The van der Waals surface area contributed by atoms with Crippen molar-refractivity contribution in [1.82, 2.24) is 0 Å². The highest BCUT2D eigenvalue weighted by molar-refractivity contribution is 6.22. The molecule has 316 valence electrons. The molecule has 0 spiro atoms. The molecule has 0 saturated carbocycles. The smallest absolute Gasteiger partial charge is 0.00135 e. The molecule has 0 radical (unpaired) electrons. The third kappa shape index (κ3) is 8.69. The Morgan fingerprint density at radius 1 is 0.179 bits per heavy atom. The molecule has 0 aromatic heterocycles. The van der Waals surface area contributed by atoms with Crippen LogP contribution in [0.3, 0.4) is 0 Å². The molecule has 0 N–H and O–H groups in total. The molecule has 0 heterocycles. The van der Waals surface area contributed by atoms with Crippen LogP contribution in [0.2, 0.25) is 0 Å². The minimum atomic E-state index is 1.10. The van der Waals surface area contributed by atoms with Gasteiger partial charge < -0.3 is 0 Å². The molecule has 1 aliphatic carbocycles. The van der Waals surface area contributed by atoms with Crippen LogP contribution in [0.4, 0.5) is 0 Å². The van der Waals surface area contributed by atoms with E-state index in [4.69, 9.17) is 0 Å². The normalized spacial score (nSPS) is 11.2. The van der Waals surface area contributed by atoms with Crippen LogP contribution < -0.4 is 0 Å². The Kier molecular flexibility index (Phi) is 11.6. The zero-order chi connectivity index (χ0) is 44.8. The summed E-state index contributed by atoms with van der Waals surface area (Å²) in [6.45, 7) is 0. The van der Waals surface area contributed by atoms with E-state index in [-0.39, 0.29) is 0 Å². The third-order valence-corrected chi connectivity index (χ3v) is 13.0. The van der Waals surface area contributed by atoms with Crippen molar-refractivity contribution in [3.63, 3.8) is 0 Å². The first-order valence-electron chi connectivity index (χ1n) is 23.2. The predicted octanol–water partition coefficient (Wildman–Crippen LogP) is 18.7. The molecule has 67 heavy (non-hydrogen) atoms. The monoisotopic (exact) mass is 852 g/mol. The van der Waals surface area contributed by atoms with Gasteiger partial charge in [0, 0.05) is 0 Å². The Balaban J connectivity index is 0.0000000929. The lowest BCUT2D eigenvalue weighted by atomic mass is 9.95. The molecular weight excluding hydrogens is 805 g/mol. The summed E-state index contributed by atoms with van der Waals surface area (Å²) in [4.78, 5) is 0. The van der Waals surface area contributed by atoms with Crippen LogP contribution >= 0.6 is 0 Å². The van der Waals surface area contributed by atoms with Gasteiger partial charge >= 0.3 is 0 Å². The van der Waals surface area contributed by atoms with Gasteiger partial charge in [0.05, 0.1) is 0 Å². The Labute approximate surface area is 392 Å². The first kappa shape index (κ1) is 41.1. The molecule has 0 saturated heterocycles. The van der Waals surface area contributed by atoms with Crippen molar-refractivity contribution in [2.45, 2.75) is 6.42 Å². The molecule has 0 aliphatic heterocycles. The summed E-state index contributed by atoms with van der Waals surface area (Å²) in [7, 11) is 0. The number of fused-ring (bicyclic) bond motifs is 9. The Bertz CT molecular complexity index is 3550. The highest BCUT2D eigenvalue weighted by Crippen LogP contribution is 2.36. The van der Waals surface area contributed by atoms with Gasteiger partial charge in [-0.25, -0.2) is 0 Å². The molecule has 0 atom stereocenters. The number of benzene rings is 14. The quantitative estimate of drug-likeness (QED) is 0.105. The zero-order valence-electron chi connectivity index (χ0n) is 37.3. The highest BCUT2D eigenvalue weighted by Gasteiger charge is 2.16. The van der Waals surface area contributed by atoms with Crippen molar-refractivity contribution in [2.24, 2.45) is 0 Å². The summed E-state index contributed by atoms with van der Waals surface area (Å²) in [6, 6.07) is 98.7. The molecule has 0 heteroatoms. The standard InChI is InChI=1S/C16H10.2C14H10.C13H10.C10H8/c1-3-11-7-9-13-5-2-6-14-10-8-12(4-1)15(11)16(13)14;1-3-7-13-11(5-1)9-10-12-6-2-4-8-14(12)13;1-2-6-12-10-14-8-4-3-7-13(14)9-11(12)5-1;1-3-7-12-10(5-1)9-11-6-2-4-8-13(11)12;1-2-6-10-8-4-3-7-9(10)5-1/h1-10H;2*1-10H;1-8H,9H2;1-8H. The van der Waals surface area contributed by atoms with E-state index >= 15 is 0 Å². The fourth-order valence-electron chi connectivity index (χ4n) is 9.72. The first-order chi connectivity index (χ1) is 33.2. The van der Waals surface area contributed by atoms with E-state index in [1.807, 2.05) is 0 Å². The van der Waals surface area contributed by atoms with E-state index in [2.05, 4.69) is 279 Å². The van der Waals surface area contributed by atoms with Crippen LogP contribution in [0.1, 0.15) is 11.1 Å². The lowest BCUT2D eigenvalue weighted by Gasteiger charge is -2.09. The number of rotatable bonds is 0. The molecule has 0 unspecified atom stereocenters. The maximum absolute atomic E-state index is 2.24. The number of hydrogen-bond acceptors (Lipinski definition) is 0. The largest absolute Gasteiger partial charge is 0.0619 e. The molecule has 14 aromatic rings. The van der Waals surface area contributed by atoms with E-state index in [0.29, 0.717) is 0 Å². The molecule has 0 bridgehead atoms.